The Bertz CT molecular complexity index is 550. The number of nitrogens with two attached hydrogens (primary N) is 2. The Kier molecular flexibility index (Phi) is 3.34. The Morgan fingerprint density at radius 1 is 1.00 bits per heavy atom. The topological polar surface area (TPSA) is 89.6 Å². The predicted molar refractivity (Wildman–Crippen MR) is 71.4 cm³/mol. The van der Waals surface area contributed by atoms with E-state index in [1.807, 2.05) is 6.07 Å². The van der Waals surface area contributed by atoms with Crippen LogP contribution in [0.2, 0.25) is 0 Å². The molecular formula is C11H10BrN5. The van der Waals surface area contributed by atoms with Gasteiger partial charge in [0, 0.05) is 10.7 Å². The third kappa shape index (κ3) is 3.01. The molecule has 0 aliphatic heterocycles. The van der Waals surface area contributed by atoms with Gasteiger partial charge >= 0.3 is 0 Å². The Labute approximate surface area is 107 Å². The molecule has 0 atom stereocenters. The number of nitrogen functional groups attached to an aromatic ring is 2. The summed E-state index contributed by atoms with van der Waals surface area (Å²) >= 11 is 3.29. The van der Waals surface area contributed by atoms with Crippen LogP contribution in [0.15, 0.2) is 51.2 Å². The van der Waals surface area contributed by atoms with Crippen molar-refractivity contribution in [3.63, 3.8) is 0 Å². The smallest absolute Gasteiger partial charge is 0.174 e. The normalized spacial score (nSPS) is 10.9. The third-order valence-corrected chi connectivity index (χ3v) is 2.52. The Morgan fingerprint density at radius 2 is 1.82 bits per heavy atom. The maximum absolute atomic E-state index is 5.66. The van der Waals surface area contributed by atoms with Gasteiger partial charge in [-0.3, -0.25) is 0 Å². The summed E-state index contributed by atoms with van der Waals surface area (Å²) in [5, 5.41) is 8.00. The van der Waals surface area contributed by atoms with Crippen molar-refractivity contribution in [3.05, 3.63) is 41.0 Å². The van der Waals surface area contributed by atoms with Gasteiger partial charge < -0.3 is 11.5 Å². The van der Waals surface area contributed by atoms with Crippen molar-refractivity contribution in [2.75, 3.05) is 11.5 Å². The first-order valence-corrected chi connectivity index (χ1v) is 5.63. The molecule has 6 heteroatoms. The Balaban J connectivity index is 2.20. The van der Waals surface area contributed by atoms with E-state index in [0.29, 0.717) is 22.9 Å². The second-order valence-electron chi connectivity index (χ2n) is 3.35. The predicted octanol–water partition coefficient (Wildman–Crippen LogP) is 3.42. The molecule has 4 N–H and O–H groups in total. The molecule has 0 bridgehead atoms. The van der Waals surface area contributed by atoms with E-state index in [1.54, 1.807) is 30.5 Å². The third-order valence-electron chi connectivity index (χ3n) is 2.05. The summed E-state index contributed by atoms with van der Waals surface area (Å²) in [7, 11) is 0. The van der Waals surface area contributed by atoms with E-state index in [1.165, 1.54) is 0 Å². The van der Waals surface area contributed by atoms with Gasteiger partial charge in [0.1, 0.15) is 0 Å². The molecule has 1 aromatic carbocycles. The van der Waals surface area contributed by atoms with Crippen LogP contribution in [-0.2, 0) is 0 Å². The summed E-state index contributed by atoms with van der Waals surface area (Å²) in [5.74, 6) is 0.531. The number of anilines is 2. The van der Waals surface area contributed by atoms with Gasteiger partial charge in [-0.05, 0) is 46.3 Å². The molecule has 0 amide bonds. The van der Waals surface area contributed by atoms with Crippen molar-refractivity contribution < 1.29 is 0 Å². The minimum atomic E-state index is 0.491. The molecule has 0 unspecified atom stereocenters. The number of halogens is 1. The van der Waals surface area contributed by atoms with Crippen LogP contribution in [0.4, 0.5) is 22.9 Å². The highest BCUT2D eigenvalue weighted by Crippen LogP contribution is 2.23. The molecule has 1 heterocycles. The van der Waals surface area contributed by atoms with Crippen LogP contribution in [0.5, 0.6) is 0 Å². The van der Waals surface area contributed by atoms with Crippen molar-refractivity contribution in [3.8, 4) is 0 Å². The molecular weight excluding hydrogens is 282 g/mol. The van der Waals surface area contributed by atoms with Gasteiger partial charge in [0.25, 0.3) is 0 Å². The van der Waals surface area contributed by atoms with Crippen molar-refractivity contribution in [1.29, 1.82) is 0 Å². The average molecular weight is 292 g/mol. The van der Waals surface area contributed by atoms with Crippen molar-refractivity contribution >= 4 is 38.8 Å². The van der Waals surface area contributed by atoms with E-state index in [-0.39, 0.29) is 0 Å². The number of pyridine rings is 1. The van der Waals surface area contributed by atoms with Gasteiger partial charge in [-0.2, -0.15) is 0 Å². The van der Waals surface area contributed by atoms with Gasteiger partial charge in [-0.25, -0.2) is 4.98 Å². The van der Waals surface area contributed by atoms with Crippen molar-refractivity contribution in [2.24, 2.45) is 10.2 Å². The molecule has 0 saturated carbocycles. The Hall–Kier alpha value is -1.95. The lowest BCUT2D eigenvalue weighted by Crippen LogP contribution is -1.92. The molecule has 0 fully saturated rings. The first-order chi connectivity index (χ1) is 8.15. The minimum absolute atomic E-state index is 0.491. The number of rotatable bonds is 2. The highest BCUT2D eigenvalue weighted by molar-refractivity contribution is 9.10. The zero-order valence-electron chi connectivity index (χ0n) is 8.84. The SMILES string of the molecule is Nc1ccc(N=Nc2ccc(Br)cn2)cc1N. The lowest BCUT2D eigenvalue weighted by atomic mass is 10.2. The van der Waals surface area contributed by atoms with Crippen LogP contribution in [-0.4, -0.2) is 4.98 Å². The van der Waals surface area contributed by atoms with Crippen LogP contribution in [0, 0.1) is 0 Å². The van der Waals surface area contributed by atoms with E-state index < -0.39 is 0 Å². The monoisotopic (exact) mass is 291 g/mol. The fourth-order valence-corrected chi connectivity index (χ4v) is 1.40. The molecule has 17 heavy (non-hydrogen) atoms. The Morgan fingerprint density at radius 3 is 2.47 bits per heavy atom. The number of hydrogen-bond acceptors (Lipinski definition) is 5. The summed E-state index contributed by atoms with van der Waals surface area (Å²) < 4.78 is 0.896. The molecule has 0 spiro atoms. The van der Waals surface area contributed by atoms with Gasteiger partial charge in [0.2, 0.25) is 0 Å². The number of nitrogens with zero attached hydrogens (tertiary/aromatic N) is 3. The number of azo groups is 1. The molecule has 1 aromatic heterocycles. The molecule has 0 saturated heterocycles. The maximum Gasteiger partial charge on any atom is 0.174 e. The summed E-state index contributed by atoms with van der Waals surface area (Å²) in [5.41, 5.74) is 12.9. The van der Waals surface area contributed by atoms with E-state index >= 15 is 0 Å². The van der Waals surface area contributed by atoms with Crippen LogP contribution < -0.4 is 11.5 Å². The summed E-state index contributed by atoms with van der Waals surface area (Å²) in [6.07, 6.45) is 1.66. The van der Waals surface area contributed by atoms with Crippen LogP contribution >= 0.6 is 15.9 Å². The standard InChI is InChI=1S/C11H10BrN5/c12-7-1-4-11(15-6-7)17-16-8-2-3-9(13)10(14)5-8/h1-6H,13-14H2. The first-order valence-electron chi connectivity index (χ1n) is 4.83. The van der Waals surface area contributed by atoms with Crippen LogP contribution in [0.3, 0.4) is 0 Å². The second kappa shape index (κ2) is 4.92. The highest BCUT2D eigenvalue weighted by atomic mass is 79.9. The van der Waals surface area contributed by atoms with Gasteiger partial charge in [-0.15, -0.1) is 10.2 Å². The number of benzene rings is 1. The van der Waals surface area contributed by atoms with Gasteiger partial charge in [0.15, 0.2) is 5.82 Å². The highest BCUT2D eigenvalue weighted by Gasteiger charge is 1.96. The lowest BCUT2D eigenvalue weighted by molar-refractivity contribution is 1.15. The molecule has 2 aromatic rings. The zero-order chi connectivity index (χ0) is 12.3. The number of hydrogen-bond donors (Lipinski definition) is 2. The first kappa shape index (κ1) is 11.5. The lowest BCUT2D eigenvalue weighted by Gasteiger charge is -1.99. The maximum atomic E-state index is 5.66. The van der Waals surface area contributed by atoms with E-state index in [9.17, 15) is 0 Å². The summed E-state index contributed by atoms with van der Waals surface area (Å²) in [6, 6.07) is 8.71. The van der Waals surface area contributed by atoms with Crippen molar-refractivity contribution in [1.82, 2.24) is 4.98 Å². The fourth-order valence-electron chi connectivity index (χ4n) is 1.16. The van der Waals surface area contributed by atoms with Gasteiger partial charge in [-0.1, -0.05) is 0 Å². The summed E-state index contributed by atoms with van der Waals surface area (Å²) in [4.78, 5) is 4.07. The van der Waals surface area contributed by atoms with Crippen LogP contribution in [0.1, 0.15) is 0 Å². The number of aromatic nitrogens is 1. The van der Waals surface area contributed by atoms with E-state index in [0.717, 1.165) is 4.47 Å². The van der Waals surface area contributed by atoms with Crippen molar-refractivity contribution in [2.45, 2.75) is 0 Å². The fraction of sp³-hybridized carbons (Fsp3) is 0. The van der Waals surface area contributed by atoms with Crippen LogP contribution in [0.25, 0.3) is 0 Å². The molecule has 5 nitrogen and oxygen atoms in total. The zero-order valence-corrected chi connectivity index (χ0v) is 10.4. The quantitative estimate of drug-likeness (QED) is 0.656. The van der Waals surface area contributed by atoms with E-state index in [2.05, 4.69) is 31.1 Å². The summed E-state index contributed by atoms with van der Waals surface area (Å²) in [6.45, 7) is 0. The molecule has 0 aliphatic carbocycles. The van der Waals surface area contributed by atoms with E-state index in [4.69, 9.17) is 11.5 Å². The molecule has 2 rings (SSSR count). The second-order valence-corrected chi connectivity index (χ2v) is 4.26. The minimum Gasteiger partial charge on any atom is -0.397 e. The molecule has 0 aliphatic rings. The van der Waals surface area contributed by atoms with Gasteiger partial charge in [0.05, 0.1) is 17.1 Å². The average Bonchev–Trinajstić information content (AvgIpc) is 2.33. The molecule has 86 valence electrons. The molecule has 0 radical (unpaired) electrons. The largest absolute Gasteiger partial charge is 0.397 e.